The molecule has 1 aliphatic heterocycles. The second kappa shape index (κ2) is 5.85. The molecule has 1 aromatic carbocycles. The van der Waals surface area contributed by atoms with Crippen molar-refractivity contribution in [2.45, 2.75) is 13.3 Å². The van der Waals surface area contributed by atoms with Gasteiger partial charge < -0.3 is 10.6 Å². The number of fused-ring (bicyclic) bond motifs is 3. The van der Waals surface area contributed by atoms with E-state index in [-0.39, 0.29) is 12.3 Å². The van der Waals surface area contributed by atoms with Crippen LogP contribution in [-0.4, -0.2) is 20.9 Å². The fourth-order valence-electron chi connectivity index (χ4n) is 2.53. The predicted octanol–water partition coefficient (Wildman–Crippen LogP) is 3.80. The van der Waals surface area contributed by atoms with E-state index in [4.69, 9.17) is 11.6 Å². The van der Waals surface area contributed by atoms with E-state index in [9.17, 15) is 4.79 Å². The first-order valence-corrected chi connectivity index (χ1v) is 8.49. The number of rotatable bonds is 2. The zero-order chi connectivity index (χ0) is 16.7. The minimum absolute atomic E-state index is 0.114. The van der Waals surface area contributed by atoms with Gasteiger partial charge in [-0.1, -0.05) is 11.6 Å². The molecule has 0 saturated heterocycles. The molecule has 1 amide bonds. The minimum atomic E-state index is -0.114. The van der Waals surface area contributed by atoms with Crippen LogP contribution in [0.2, 0.25) is 5.02 Å². The number of benzene rings is 1. The Morgan fingerprint density at radius 3 is 3.00 bits per heavy atom. The van der Waals surface area contributed by atoms with Gasteiger partial charge in [0.2, 0.25) is 11.9 Å². The van der Waals surface area contributed by atoms with Crippen LogP contribution in [-0.2, 0) is 11.2 Å². The summed E-state index contributed by atoms with van der Waals surface area (Å²) >= 11 is 7.53. The fourth-order valence-corrected chi connectivity index (χ4v) is 3.38. The number of aromatic nitrogens is 3. The van der Waals surface area contributed by atoms with Crippen LogP contribution in [0.25, 0.3) is 11.3 Å². The largest absolute Gasteiger partial charge is 0.325 e. The van der Waals surface area contributed by atoms with Gasteiger partial charge in [0.05, 0.1) is 23.5 Å². The predicted molar refractivity (Wildman–Crippen MR) is 94.9 cm³/mol. The van der Waals surface area contributed by atoms with Gasteiger partial charge in [-0.3, -0.25) is 4.79 Å². The number of anilines is 3. The first kappa shape index (κ1) is 15.0. The van der Waals surface area contributed by atoms with Gasteiger partial charge in [-0.05, 0) is 25.1 Å². The van der Waals surface area contributed by atoms with Gasteiger partial charge in [0.25, 0.3) is 0 Å². The summed E-state index contributed by atoms with van der Waals surface area (Å²) in [6, 6.07) is 5.36. The maximum absolute atomic E-state index is 12.1. The molecular weight excluding hydrogens is 346 g/mol. The Balaban J connectivity index is 1.80. The summed E-state index contributed by atoms with van der Waals surface area (Å²) < 4.78 is 0. The average Bonchev–Trinajstić information content (AvgIpc) is 2.88. The molecular formula is C16H12ClN5OS. The highest BCUT2D eigenvalue weighted by atomic mass is 35.5. The Labute approximate surface area is 146 Å². The highest BCUT2D eigenvalue weighted by molar-refractivity contribution is 7.13. The number of nitrogens with zero attached hydrogens (tertiary/aromatic N) is 3. The number of nitrogens with one attached hydrogen (secondary N) is 2. The Morgan fingerprint density at radius 2 is 2.21 bits per heavy atom. The van der Waals surface area contributed by atoms with Crippen LogP contribution in [0, 0.1) is 6.92 Å². The van der Waals surface area contributed by atoms with Crippen molar-refractivity contribution in [3.05, 3.63) is 46.1 Å². The molecule has 0 aliphatic carbocycles. The van der Waals surface area contributed by atoms with E-state index < -0.39 is 0 Å². The van der Waals surface area contributed by atoms with Gasteiger partial charge >= 0.3 is 0 Å². The molecule has 120 valence electrons. The molecule has 0 bridgehead atoms. The van der Waals surface area contributed by atoms with Crippen molar-refractivity contribution in [3.8, 4) is 11.3 Å². The smallest absolute Gasteiger partial charge is 0.229 e. The zero-order valence-electron chi connectivity index (χ0n) is 12.6. The third-order valence-corrected chi connectivity index (χ3v) is 4.67. The highest BCUT2D eigenvalue weighted by Gasteiger charge is 2.21. The molecule has 2 N–H and O–H groups in total. The van der Waals surface area contributed by atoms with Crippen molar-refractivity contribution in [1.82, 2.24) is 15.0 Å². The van der Waals surface area contributed by atoms with E-state index in [0.29, 0.717) is 22.4 Å². The van der Waals surface area contributed by atoms with Gasteiger partial charge in [0.1, 0.15) is 0 Å². The lowest BCUT2D eigenvalue weighted by molar-refractivity contribution is -0.115. The quantitative estimate of drug-likeness (QED) is 0.729. The van der Waals surface area contributed by atoms with Gasteiger partial charge in [-0.2, -0.15) is 0 Å². The van der Waals surface area contributed by atoms with E-state index in [1.165, 1.54) is 11.3 Å². The number of carbonyl (C=O) groups excluding carboxylic acids is 1. The number of aryl methyl sites for hydroxylation is 1. The lowest BCUT2D eigenvalue weighted by Gasteiger charge is -2.09. The molecule has 3 aromatic rings. The molecule has 2 aromatic heterocycles. The SMILES string of the molecule is Cc1csc(Nc2ncc3c(n2)-c2ccc(Cl)cc2NC(=O)C3)n1. The Bertz CT molecular complexity index is 955. The first-order chi connectivity index (χ1) is 11.6. The topological polar surface area (TPSA) is 79.8 Å². The summed E-state index contributed by atoms with van der Waals surface area (Å²) in [6.45, 7) is 1.93. The molecule has 0 saturated carbocycles. The molecule has 4 rings (SSSR count). The molecule has 0 radical (unpaired) electrons. The number of thiazole rings is 1. The van der Waals surface area contributed by atoms with E-state index in [1.54, 1.807) is 18.3 Å². The summed E-state index contributed by atoms with van der Waals surface area (Å²) in [4.78, 5) is 25.3. The summed E-state index contributed by atoms with van der Waals surface area (Å²) in [5, 5.41) is 9.20. The summed E-state index contributed by atoms with van der Waals surface area (Å²) in [6.07, 6.45) is 1.90. The van der Waals surface area contributed by atoms with E-state index >= 15 is 0 Å². The van der Waals surface area contributed by atoms with Crippen LogP contribution in [0.1, 0.15) is 11.3 Å². The van der Waals surface area contributed by atoms with Crippen LogP contribution in [0.5, 0.6) is 0 Å². The molecule has 0 unspecified atom stereocenters. The molecule has 0 spiro atoms. The molecule has 0 fully saturated rings. The van der Waals surface area contributed by atoms with Crippen molar-refractivity contribution in [3.63, 3.8) is 0 Å². The zero-order valence-corrected chi connectivity index (χ0v) is 14.2. The number of carbonyl (C=O) groups is 1. The van der Waals surface area contributed by atoms with Crippen LogP contribution in [0.15, 0.2) is 29.8 Å². The normalized spacial score (nSPS) is 12.8. The second-order valence-electron chi connectivity index (χ2n) is 5.40. The monoisotopic (exact) mass is 357 g/mol. The lowest BCUT2D eigenvalue weighted by Crippen LogP contribution is -2.12. The maximum Gasteiger partial charge on any atom is 0.229 e. The first-order valence-electron chi connectivity index (χ1n) is 7.23. The average molecular weight is 358 g/mol. The van der Waals surface area contributed by atoms with Gasteiger partial charge in [-0.15, -0.1) is 11.3 Å². The molecule has 3 heterocycles. The van der Waals surface area contributed by atoms with Gasteiger partial charge in [-0.25, -0.2) is 15.0 Å². The number of hydrogen-bond acceptors (Lipinski definition) is 6. The maximum atomic E-state index is 12.1. The minimum Gasteiger partial charge on any atom is -0.325 e. The van der Waals surface area contributed by atoms with E-state index in [0.717, 1.165) is 22.0 Å². The lowest BCUT2D eigenvalue weighted by atomic mass is 10.1. The van der Waals surface area contributed by atoms with Crippen molar-refractivity contribution in [2.75, 3.05) is 10.6 Å². The fraction of sp³-hybridized carbons (Fsp3) is 0.125. The Hall–Kier alpha value is -2.51. The summed E-state index contributed by atoms with van der Waals surface area (Å²) in [5.41, 5.74) is 3.90. The molecule has 24 heavy (non-hydrogen) atoms. The third-order valence-electron chi connectivity index (χ3n) is 3.56. The van der Waals surface area contributed by atoms with Crippen LogP contribution < -0.4 is 10.6 Å². The number of hydrogen-bond donors (Lipinski definition) is 2. The third kappa shape index (κ3) is 2.83. The van der Waals surface area contributed by atoms with Crippen LogP contribution >= 0.6 is 22.9 Å². The van der Waals surface area contributed by atoms with Crippen molar-refractivity contribution in [2.24, 2.45) is 0 Å². The molecule has 8 heteroatoms. The summed E-state index contributed by atoms with van der Waals surface area (Å²) in [5.74, 6) is 0.329. The van der Waals surface area contributed by atoms with Crippen LogP contribution in [0.4, 0.5) is 16.8 Å². The Kier molecular flexibility index (Phi) is 3.66. The van der Waals surface area contributed by atoms with Gasteiger partial charge in [0.15, 0.2) is 5.13 Å². The van der Waals surface area contributed by atoms with E-state index in [2.05, 4.69) is 25.6 Å². The van der Waals surface area contributed by atoms with E-state index in [1.807, 2.05) is 18.4 Å². The number of halogens is 1. The van der Waals surface area contributed by atoms with Gasteiger partial charge in [0, 0.05) is 27.7 Å². The van der Waals surface area contributed by atoms with Crippen LogP contribution in [0.3, 0.4) is 0 Å². The molecule has 0 atom stereocenters. The Morgan fingerprint density at radius 1 is 1.33 bits per heavy atom. The second-order valence-corrected chi connectivity index (χ2v) is 6.70. The molecule has 6 nitrogen and oxygen atoms in total. The standard InChI is InChI=1S/C16H12ClN5OS/c1-8-7-24-16(19-8)22-15-18-6-9-4-13(23)20-12-5-10(17)2-3-11(12)14(9)21-15/h2-3,5-7H,4H2,1H3,(H,20,23)(H,18,19,21,22). The van der Waals surface area contributed by atoms with Crippen molar-refractivity contribution < 1.29 is 4.79 Å². The number of amides is 1. The van der Waals surface area contributed by atoms with Crippen molar-refractivity contribution in [1.29, 1.82) is 0 Å². The molecule has 1 aliphatic rings. The summed E-state index contributed by atoms with van der Waals surface area (Å²) in [7, 11) is 0. The van der Waals surface area contributed by atoms with Crippen molar-refractivity contribution >= 4 is 45.6 Å². The highest BCUT2D eigenvalue weighted by Crippen LogP contribution is 2.34.